The molecule has 2 aromatic rings. The van der Waals surface area contributed by atoms with Crippen molar-refractivity contribution in [3.8, 4) is 0 Å². The summed E-state index contributed by atoms with van der Waals surface area (Å²) in [7, 11) is 0. The van der Waals surface area contributed by atoms with Crippen molar-refractivity contribution in [3.05, 3.63) is 29.8 Å². The van der Waals surface area contributed by atoms with Crippen molar-refractivity contribution in [1.29, 1.82) is 0 Å². The Kier molecular flexibility index (Phi) is 4.32. The van der Waals surface area contributed by atoms with E-state index in [1.165, 1.54) is 0 Å². The van der Waals surface area contributed by atoms with Gasteiger partial charge in [0.25, 0.3) is 0 Å². The van der Waals surface area contributed by atoms with Gasteiger partial charge < -0.3 is 10.1 Å². The lowest BCUT2D eigenvalue weighted by Crippen LogP contribution is -2.57. The third kappa shape index (κ3) is 3.26. The molecule has 0 saturated carbocycles. The van der Waals surface area contributed by atoms with Crippen molar-refractivity contribution in [3.63, 3.8) is 0 Å². The maximum atomic E-state index is 13.6. The molecule has 0 radical (unpaired) electrons. The second-order valence-electron chi connectivity index (χ2n) is 5.79. The summed E-state index contributed by atoms with van der Waals surface area (Å²) < 4.78 is 40.9. The highest BCUT2D eigenvalue weighted by Crippen LogP contribution is 2.39. The number of amides is 1. The van der Waals surface area contributed by atoms with E-state index in [1.54, 1.807) is 24.3 Å². The van der Waals surface area contributed by atoms with Gasteiger partial charge in [0.2, 0.25) is 5.91 Å². The lowest BCUT2D eigenvalue weighted by Gasteiger charge is -2.40. The van der Waals surface area contributed by atoms with E-state index in [0.717, 1.165) is 0 Å². The van der Waals surface area contributed by atoms with Crippen LogP contribution in [0.15, 0.2) is 24.3 Å². The number of fused-ring (bicyclic) bond motifs is 3. The molecule has 0 atom stereocenters. The monoisotopic (exact) mass is 355 g/mol. The number of carboxylic acid groups (broad SMARTS) is 1. The zero-order valence-corrected chi connectivity index (χ0v) is 13.1. The third-order valence-corrected chi connectivity index (χ3v) is 4.13. The number of aromatic amines is 1. The molecule has 0 aliphatic carbocycles. The number of aliphatic carboxylic acids is 1. The molecule has 1 amide bonds. The Hall–Kier alpha value is -2.71. The molecule has 0 spiro atoms. The highest BCUT2D eigenvalue weighted by atomic mass is 19.4. The Bertz CT molecular complexity index is 816. The van der Waals surface area contributed by atoms with E-state index in [0.29, 0.717) is 21.5 Å². The van der Waals surface area contributed by atoms with Crippen LogP contribution in [0.4, 0.5) is 19.0 Å². The first kappa shape index (κ1) is 17.1. The minimum absolute atomic E-state index is 0.00404. The van der Waals surface area contributed by atoms with E-state index in [-0.39, 0.29) is 43.1 Å². The number of para-hydroxylation sites is 1. The highest BCUT2D eigenvalue weighted by molar-refractivity contribution is 5.91. The summed E-state index contributed by atoms with van der Waals surface area (Å²) in [6.45, 7) is -0.111. The molecule has 1 aromatic carbocycles. The molecule has 9 heteroatoms. The average molecular weight is 355 g/mol. The number of hydrogen-bond acceptors (Lipinski definition) is 3. The lowest BCUT2D eigenvalue weighted by atomic mass is 10.1. The van der Waals surface area contributed by atoms with Gasteiger partial charge in [-0.05, 0) is 18.9 Å². The lowest BCUT2D eigenvalue weighted by molar-refractivity contribution is -0.173. The number of anilines is 1. The number of benzene rings is 1. The maximum absolute atomic E-state index is 13.6. The second-order valence-corrected chi connectivity index (χ2v) is 5.79. The van der Waals surface area contributed by atoms with Gasteiger partial charge in [-0.3, -0.25) is 9.59 Å². The number of aromatic nitrogens is 1. The van der Waals surface area contributed by atoms with Crippen LogP contribution >= 0.6 is 0 Å². The molecule has 0 saturated heterocycles. The van der Waals surface area contributed by atoms with E-state index >= 15 is 0 Å². The molecular weight excluding hydrogens is 339 g/mol. The first-order valence-electron chi connectivity index (χ1n) is 7.77. The smallest absolute Gasteiger partial charge is 0.481 e. The van der Waals surface area contributed by atoms with Crippen molar-refractivity contribution in [2.75, 3.05) is 11.6 Å². The SMILES string of the molecule is O=C(O)CCCC(=O)N1CCc2c([nH]c3ccccc23)N1C(F)(F)F. The number of nitrogens with one attached hydrogen (secondary N) is 1. The molecule has 3 rings (SSSR count). The molecule has 1 aliphatic heterocycles. The van der Waals surface area contributed by atoms with Gasteiger partial charge in [0.1, 0.15) is 5.82 Å². The predicted molar refractivity (Wildman–Crippen MR) is 83.7 cm³/mol. The van der Waals surface area contributed by atoms with Gasteiger partial charge in [-0.1, -0.05) is 18.2 Å². The molecule has 2 heterocycles. The number of hydrazine groups is 1. The summed E-state index contributed by atoms with van der Waals surface area (Å²) in [6, 6.07) is 6.89. The van der Waals surface area contributed by atoms with Crippen LogP contribution in [0.25, 0.3) is 10.9 Å². The summed E-state index contributed by atoms with van der Waals surface area (Å²) in [6.07, 6.45) is -5.01. The summed E-state index contributed by atoms with van der Waals surface area (Å²) in [5.41, 5.74) is 1.09. The summed E-state index contributed by atoms with van der Waals surface area (Å²) in [4.78, 5) is 25.5. The van der Waals surface area contributed by atoms with Gasteiger partial charge in [0.05, 0.1) is 0 Å². The number of carbonyl (C=O) groups excluding carboxylic acids is 1. The molecule has 134 valence electrons. The molecule has 1 aromatic heterocycles. The van der Waals surface area contributed by atoms with Crippen LogP contribution in [0.2, 0.25) is 0 Å². The Morgan fingerprint density at radius 3 is 2.60 bits per heavy atom. The number of hydrogen-bond donors (Lipinski definition) is 2. The summed E-state index contributed by atoms with van der Waals surface area (Å²) >= 11 is 0. The number of carboxylic acids is 1. The highest BCUT2D eigenvalue weighted by Gasteiger charge is 2.47. The molecule has 1 aliphatic rings. The van der Waals surface area contributed by atoms with E-state index in [9.17, 15) is 22.8 Å². The zero-order valence-electron chi connectivity index (χ0n) is 13.1. The van der Waals surface area contributed by atoms with Crippen LogP contribution in [0.5, 0.6) is 0 Å². The minimum Gasteiger partial charge on any atom is -0.481 e. The van der Waals surface area contributed by atoms with Gasteiger partial charge in [0.15, 0.2) is 0 Å². The third-order valence-electron chi connectivity index (χ3n) is 4.13. The standard InChI is InChI=1S/C16H16F3N3O3/c17-16(18,19)22-15-11(10-4-1-2-5-12(10)20-15)8-9-21(22)13(23)6-3-7-14(24)25/h1-2,4-5,20H,3,6-9H2,(H,24,25). The van der Waals surface area contributed by atoms with Crippen molar-refractivity contribution in [2.45, 2.75) is 32.0 Å². The average Bonchev–Trinajstić information content (AvgIpc) is 2.90. The number of carbonyl (C=O) groups is 2. The van der Waals surface area contributed by atoms with E-state index < -0.39 is 18.2 Å². The summed E-state index contributed by atoms with van der Waals surface area (Å²) in [5, 5.41) is 10.00. The molecular formula is C16H16F3N3O3. The Morgan fingerprint density at radius 2 is 1.92 bits per heavy atom. The van der Waals surface area contributed by atoms with Crippen molar-refractivity contribution >= 4 is 28.6 Å². The minimum atomic E-state index is -4.78. The largest absolute Gasteiger partial charge is 0.504 e. The van der Waals surface area contributed by atoms with E-state index in [2.05, 4.69) is 4.98 Å². The van der Waals surface area contributed by atoms with Gasteiger partial charge in [-0.2, -0.15) is 5.01 Å². The number of alkyl halides is 3. The quantitative estimate of drug-likeness (QED) is 0.827. The zero-order chi connectivity index (χ0) is 18.2. The Balaban J connectivity index is 1.93. The fourth-order valence-electron chi connectivity index (χ4n) is 3.08. The second kappa shape index (κ2) is 6.30. The Labute approximate surface area is 140 Å². The van der Waals surface area contributed by atoms with Crippen LogP contribution in [0, 0.1) is 0 Å². The normalized spacial score (nSPS) is 14.7. The number of rotatable bonds is 4. The molecule has 0 bridgehead atoms. The van der Waals surface area contributed by atoms with Crippen LogP contribution in [-0.4, -0.2) is 39.8 Å². The van der Waals surface area contributed by atoms with Crippen molar-refractivity contribution in [2.24, 2.45) is 0 Å². The molecule has 0 fully saturated rings. The van der Waals surface area contributed by atoms with Gasteiger partial charge in [0, 0.05) is 35.9 Å². The van der Waals surface area contributed by atoms with Crippen LogP contribution in [0.3, 0.4) is 0 Å². The first-order chi connectivity index (χ1) is 11.8. The number of H-pyrrole nitrogens is 1. The fraction of sp³-hybridized carbons (Fsp3) is 0.375. The van der Waals surface area contributed by atoms with Crippen LogP contribution in [-0.2, 0) is 16.0 Å². The first-order valence-corrected chi connectivity index (χ1v) is 7.77. The number of nitrogens with zero attached hydrogens (tertiary/aromatic N) is 2. The molecule has 25 heavy (non-hydrogen) atoms. The fourth-order valence-corrected chi connectivity index (χ4v) is 3.08. The molecule has 2 N–H and O–H groups in total. The maximum Gasteiger partial charge on any atom is 0.504 e. The van der Waals surface area contributed by atoms with Gasteiger partial charge >= 0.3 is 12.3 Å². The van der Waals surface area contributed by atoms with Crippen LogP contribution < -0.4 is 5.01 Å². The van der Waals surface area contributed by atoms with E-state index in [1.807, 2.05) is 0 Å². The molecule has 0 unspecified atom stereocenters. The number of halogens is 3. The van der Waals surface area contributed by atoms with Crippen molar-refractivity contribution in [1.82, 2.24) is 9.99 Å². The van der Waals surface area contributed by atoms with Crippen LogP contribution in [0.1, 0.15) is 24.8 Å². The molecule has 6 nitrogen and oxygen atoms in total. The Morgan fingerprint density at radius 1 is 1.20 bits per heavy atom. The van der Waals surface area contributed by atoms with Crippen molar-refractivity contribution < 1.29 is 27.9 Å². The topological polar surface area (TPSA) is 76.6 Å². The summed E-state index contributed by atoms with van der Waals surface area (Å²) in [5.74, 6) is -1.99. The van der Waals surface area contributed by atoms with E-state index in [4.69, 9.17) is 5.11 Å². The van der Waals surface area contributed by atoms with Gasteiger partial charge in [-0.25, -0.2) is 5.01 Å². The predicted octanol–water partition coefficient (Wildman–Crippen LogP) is 3.05. The van der Waals surface area contributed by atoms with Gasteiger partial charge in [-0.15, -0.1) is 13.2 Å².